The molecule has 1 aliphatic heterocycles. The Morgan fingerprint density at radius 1 is 0.946 bits per heavy atom. The van der Waals surface area contributed by atoms with Crippen LogP contribution in [0.3, 0.4) is 0 Å². The first-order chi connectivity index (χ1) is 17.7. The molecular formula is C28H27ClFN3O4. The molecule has 0 radical (unpaired) electrons. The lowest BCUT2D eigenvalue weighted by atomic mass is 9.89. The Morgan fingerprint density at radius 3 is 2.16 bits per heavy atom. The molecule has 0 bridgehead atoms. The number of carboxylic acids is 1. The lowest BCUT2D eigenvalue weighted by molar-refractivity contribution is -0.144. The molecule has 0 saturated carbocycles. The number of anilines is 3. The van der Waals surface area contributed by atoms with Crippen LogP contribution in [-0.4, -0.2) is 47.5 Å². The van der Waals surface area contributed by atoms with Crippen LogP contribution in [0.4, 0.5) is 26.2 Å². The minimum absolute atomic E-state index is 0.0791. The second-order valence-electron chi connectivity index (χ2n) is 8.97. The van der Waals surface area contributed by atoms with E-state index >= 15 is 0 Å². The highest BCUT2D eigenvalue weighted by molar-refractivity contribution is 6.30. The average molecular weight is 524 g/mol. The summed E-state index contributed by atoms with van der Waals surface area (Å²) in [5.74, 6) is -2.32. The molecule has 4 rings (SSSR count). The third-order valence-electron chi connectivity index (χ3n) is 6.57. The Labute approximate surface area is 219 Å². The van der Waals surface area contributed by atoms with E-state index in [0.29, 0.717) is 22.1 Å². The van der Waals surface area contributed by atoms with E-state index in [0.717, 1.165) is 0 Å². The van der Waals surface area contributed by atoms with Gasteiger partial charge in [0.05, 0.1) is 5.92 Å². The minimum atomic E-state index is -0.950. The van der Waals surface area contributed by atoms with Gasteiger partial charge in [-0.15, -0.1) is 0 Å². The van der Waals surface area contributed by atoms with E-state index in [1.165, 1.54) is 29.2 Å². The molecule has 0 aliphatic carbocycles. The van der Waals surface area contributed by atoms with Crippen molar-refractivity contribution in [1.82, 2.24) is 4.90 Å². The maximum Gasteiger partial charge on any atom is 0.324 e. The van der Waals surface area contributed by atoms with Crippen LogP contribution >= 0.6 is 11.6 Å². The lowest BCUT2D eigenvalue weighted by Gasteiger charge is -2.40. The number of piperidine rings is 1. The molecule has 1 fully saturated rings. The van der Waals surface area contributed by atoms with Gasteiger partial charge in [-0.3, -0.25) is 19.4 Å². The maximum absolute atomic E-state index is 13.8. The molecule has 2 unspecified atom stereocenters. The van der Waals surface area contributed by atoms with Crippen molar-refractivity contribution in [2.24, 2.45) is 5.92 Å². The van der Waals surface area contributed by atoms with Gasteiger partial charge in [0.15, 0.2) is 0 Å². The highest BCUT2D eigenvalue weighted by atomic mass is 35.5. The summed E-state index contributed by atoms with van der Waals surface area (Å²) in [6.07, 6.45) is 0.347. The SMILES string of the molecule is CN(C(=O)N1CCC(C(=O)O)CC1CC(=O)N(c1ccccc1)c1ccc(Cl)cc1)c1ccc(F)cc1. The Kier molecular flexibility index (Phi) is 8.08. The van der Waals surface area contributed by atoms with Crippen LogP contribution in [0.25, 0.3) is 0 Å². The summed E-state index contributed by atoms with van der Waals surface area (Å²) in [6.45, 7) is 0.186. The van der Waals surface area contributed by atoms with Crippen LogP contribution in [0.5, 0.6) is 0 Å². The third-order valence-corrected chi connectivity index (χ3v) is 6.82. The molecule has 1 N–H and O–H groups in total. The van der Waals surface area contributed by atoms with E-state index in [1.54, 1.807) is 53.2 Å². The first-order valence-electron chi connectivity index (χ1n) is 11.9. The average Bonchev–Trinajstić information content (AvgIpc) is 2.90. The van der Waals surface area contributed by atoms with Crippen molar-refractivity contribution in [3.8, 4) is 0 Å². The Hall–Kier alpha value is -3.91. The summed E-state index contributed by atoms with van der Waals surface area (Å²) in [5.41, 5.74) is 1.73. The molecule has 1 heterocycles. The number of hydrogen-bond acceptors (Lipinski definition) is 3. The molecule has 3 aromatic rings. The number of hydrogen-bond donors (Lipinski definition) is 1. The van der Waals surface area contributed by atoms with Crippen molar-refractivity contribution in [1.29, 1.82) is 0 Å². The van der Waals surface area contributed by atoms with Crippen molar-refractivity contribution in [3.05, 3.63) is 89.7 Å². The topological polar surface area (TPSA) is 81.2 Å². The quantitative estimate of drug-likeness (QED) is 0.432. The van der Waals surface area contributed by atoms with Gasteiger partial charge in [-0.25, -0.2) is 9.18 Å². The molecule has 1 saturated heterocycles. The van der Waals surface area contributed by atoms with Gasteiger partial charge in [-0.1, -0.05) is 29.8 Å². The molecule has 3 aromatic carbocycles. The first kappa shape index (κ1) is 26.2. The summed E-state index contributed by atoms with van der Waals surface area (Å²) in [4.78, 5) is 43.5. The summed E-state index contributed by atoms with van der Waals surface area (Å²) >= 11 is 6.06. The monoisotopic (exact) mass is 523 g/mol. The minimum Gasteiger partial charge on any atom is -0.481 e. The van der Waals surface area contributed by atoms with Gasteiger partial charge in [0.25, 0.3) is 0 Å². The van der Waals surface area contributed by atoms with Crippen molar-refractivity contribution < 1.29 is 23.9 Å². The summed E-state index contributed by atoms with van der Waals surface area (Å²) in [5, 5.41) is 10.2. The van der Waals surface area contributed by atoms with Crippen LogP contribution in [-0.2, 0) is 9.59 Å². The number of likely N-dealkylation sites (tertiary alicyclic amines) is 1. The molecule has 192 valence electrons. The zero-order valence-electron chi connectivity index (χ0n) is 20.3. The van der Waals surface area contributed by atoms with Crippen LogP contribution in [0, 0.1) is 11.7 Å². The number of urea groups is 1. The van der Waals surface area contributed by atoms with Crippen LogP contribution in [0.15, 0.2) is 78.9 Å². The fourth-order valence-corrected chi connectivity index (χ4v) is 4.71. The van der Waals surface area contributed by atoms with E-state index in [-0.39, 0.29) is 37.7 Å². The van der Waals surface area contributed by atoms with Gasteiger partial charge in [-0.05, 0) is 73.5 Å². The third kappa shape index (κ3) is 6.09. The second kappa shape index (κ2) is 11.4. The molecule has 7 nitrogen and oxygen atoms in total. The van der Waals surface area contributed by atoms with E-state index in [2.05, 4.69) is 0 Å². The Balaban J connectivity index is 1.62. The number of amides is 3. The molecule has 1 aliphatic rings. The van der Waals surface area contributed by atoms with E-state index < -0.39 is 23.7 Å². The first-order valence-corrected chi connectivity index (χ1v) is 12.3. The highest BCUT2D eigenvalue weighted by Crippen LogP contribution is 2.32. The molecule has 37 heavy (non-hydrogen) atoms. The van der Waals surface area contributed by atoms with Crippen LogP contribution < -0.4 is 9.80 Å². The molecule has 2 atom stereocenters. The molecular weight excluding hydrogens is 497 g/mol. The summed E-state index contributed by atoms with van der Waals surface area (Å²) in [7, 11) is 1.57. The molecule has 3 amide bonds. The summed E-state index contributed by atoms with van der Waals surface area (Å²) < 4.78 is 13.4. The molecule has 0 aromatic heterocycles. The zero-order valence-corrected chi connectivity index (χ0v) is 21.0. The number of rotatable bonds is 6. The fraction of sp³-hybridized carbons (Fsp3) is 0.250. The smallest absolute Gasteiger partial charge is 0.324 e. The van der Waals surface area contributed by atoms with Crippen LogP contribution in [0.2, 0.25) is 5.02 Å². The van der Waals surface area contributed by atoms with Gasteiger partial charge in [0, 0.05) is 48.1 Å². The largest absolute Gasteiger partial charge is 0.481 e. The number of carboxylic acid groups (broad SMARTS) is 1. The van der Waals surface area contributed by atoms with Gasteiger partial charge >= 0.3 is 12.0 Å². The standard InChI is InChI=1S/C28H27ClFN3O4/c1-31(22-13-9-21(30)10-14-22)28(37)32-16-15-19(27(35)36)17-25(32)18-26(34)33(23-5-3-2-4-6-23)24-11-7-20(29)8-12-24/h2-14,19,25H,15-18H2,1H3,(H,35,36). The van der Waals surface area contributed by atoms with Gasteiger partial charge in [0.2, 0.25) is 5.91 Å². The zero-order chi connectivity index (χ0) is 26.5. The van der Waals surface area contributed by atoms with E-state index in [4.69, 9.17) is 11.6 Å². The molecule has 9 heteroatoms. The fourth-order valence-electron chi connectivity index (χ4n) is 4.59. The molecule has 0 spiro atoms. The van der Waals surface area contributed by atoms with Gasteiger partial charge < -0.3 is 10.0 Å². The predicted octanol–water partition coefficient (Wildman–Crippen LogP) is 5.96. The number of nitrogens with zero attached hydrogens (tertiary/aromatic N) is 3. The number of halogens is 2. The van der Waals surface area contributed by atoms with E-state index in [9.17, 15) is 23.9 Å². The van der Waals surface area contributed by atoms with Crippen molar-refractivity contribution in [2.75, 3.05) is 23.4 Å². The lowest BCUT2D eigenvalue weighted by Crippen LogP contribution is -2.53. The van der Waals surface area contributed by atoms with Crippen molar-refractivity contribution >= 4 is 46.6 Å². The van der Waals surface area contributed by atoms with Crippen LogP contribution in [0.1, 0.15) is 19.3 Å². The van der Waals surface area contributed by atoms with Crippen molar-refractivity contribution in [2.45, 2.75) is 25.3 Å². The predicted molar refractivity (Wildman–Crippen MR) is 141 cm³/mol. The maximum atomic E-state index is 13.8. The number of carbonyl (C=O) groups is 3. The normalized spacial score (nSPS) is 17.2. The second-order valence-corrected chi connectivity index (χ2v) is 9.41. The Bertz CT molecular complexity index is 1250. The summed E-state index contributed by atoms with van der Waals surface area (Å²) in [6, 6.07) is 20.4. The van der Waals surface area contributed by atoms with Gasteiger partial charge in [-0.2, -0.15) is 0 Å². The number of para-hydroxylation sites is 1. The number of benzene rings is 3. The number of aliphatic carboxylic acids is 1. The highest BCUT2D eigenvalue weighted by Gasteiger charge is 2.38. The Morgan fingerprint density at radius 2 is 1.54 bits per heavy atom. The number of carbonyl (C=O) groups excluding carboxylic acids is 2. The van der Waals surface area contributed by atoms with Crippen molar-refractivity contribution in [3.63, 3.8) is 0 Å². The van der Waals surface area contributed by atoms with E-state index in [1.807, 2.05) is 18.2 Å². The van der Waals surface area contributed by atoms with Gasteiger partial charge in [0.1, 0.15) is 5.82 Å².